The molecule has 23 heavy (non-hydrogen) atoms. The molecule has 1 aromatic heterocycles. The lowest BCUT2D eigenvalue weighted by molar-refractivity contribution is 0.0377. The van der Waals surface area contributed by atoms with E-state index in [0.717, 1.165) is 5.69 Å². The smallest absolute Gasteiger partial charge is 0.407 e. The van der Waals surface area contributed by atoms with Gasteiger partial charge in [0.1, 0.15) is 17.9 Å². The second kappa shape index (κ2) is 7.80. The number of ether oxygens (including phenoxy) is 2. The van der Waals surface area contributed by atoms with E-state index in [1.807, 2.05) is 19.0 Å². The summed E-state index contributed by atoms with van der Waals surface area (Å²) in [6.45, 7) is 7.09. The summed E-state index contributed by atoms with van der Waals surface area (Å²) in [6, 6.07) is 3.02. The molecule has 0 radical (unpaired) electrons. The van der Waals surface area contributed by atoms with E-state index in [4.69, 9.17) is 9.47 Å². The third kappa shape index (κ3) is 6.99. The van der Waals surface area contributed by atoms with Gasteiger partial charge in [-0.3, -0.25) is 0 Å². The highest BCUT2D eigenvalue weighted by atomic mass is 16.6. The van der Waals surface area contributed by atoms with Crippen molar-refractivity contribution in [1.82, 2.24) is 10.3 Å². The molecule has 0 fully saturated rings. The topological polar surface area (TPSA) is 80.8 Å². The molecule has 0 aliphatic carbocycles. The molecule has 0 unspecified atom stereocenters. The van der Waals surface area contributed by atoms with Crippen LogP contribution < -0.4 is 10.2 Å². The van der Waals surface area contributed by atoms with Gasteiger partial charge < -0.3 is 19.7 Å². The van der Waals surface area contributed by atoms with Crippen molar-refractivity contribution >= 4 is 17.7 Å². The monoisotopic (exact) mass is 323 g/mol. The fourth-order valence-corrected chi connectivity index (χ4v) is 1.60. The van der Waals surface area contributed by atoms with Gasteiger partial charge in [-0.05, 0) is 39.8 Å². The molecule has 1 N–H and O–H groups in total. The number of carbonyl (C=O) groups excluding carboxylic acids is 2. The first kappa shape index (κ1) is 18.7. The van der Waals surface area contributed by atoms with Gasteiger partial charge in [-0.15, -0.1) is 0 Å². The first-order valence-corrected chi connectivity index (χ1v) is 7.38. The number of nitrogens with zero attached hydrogens (tertiary/aromatic N) is 2. The summed E-state index contributed by atoms with van der Waals surface area (Å²) in [5.74, 6) is -0.534. The molecule has 0 saturated carbocycles. The van der Waals surface area contributed by atoms with Crippen molar-refractivity contribution in [2.45, 2.75) is 39.3 Å². The van der Waals surface area contributed by atoms with Gasteiger partial charge in [0.2, 0.25) is 0 Å². The summed E-state index contributed by atoms with van der Waals surface area (Å²) in [6.07, 6.45) is 1.05. The average Bonchev–Trinajstić information content (AvgIpc) is 2.42. The van der Waals surface area contributed by atoms with E-state index in [0.29, 0.717) is 0 Å². The molecule has 1 amide bonds. The molecule has 7 nitrogen and oxygen atoms in total. The maximum absolute atomic E-state index is 11.9. The first-order chi connectivity index (χ1) is 10.6. The molecule has 1 heterocycles. The van der Waals surface area contributed by atoms with Crippen molar-refractivity contribution in [3.8, 4) is 0 Å². The normalized spacial score (nSPS) is 12.3. The number of hydrogen-bond acceptors (Lipinski definition) is 6. The van der Waals surface area contributed by atoms with Crippen LogP contribution in [0.5, 0.6) is 0 Å². The van der Waals surface area contributed by atoms with Crippen LogP contribution in [0.3, 0.4) is 0 Å². The van der Waals surface area contributed by atoms with Crippen LogP contribution in [0.2, 0.25) is 0 Å². The molecular formula is C16H25N3O4. The van der Waals surface area contributed by atoms with Gasteiger partial charge in [-0.1, -0.05) is 0 Å². The molecular weight excluding hydrogens is 298 g/mol. The minimum atomic E-state index is -0.571. The summed E-state index contributed by atoms with van der Waals surface area (Å²) in [5.41, 5.74) is 0.542. The Morgan fingerprint density at radius 2 is 1.96 bits per heavy atom. The lowest BCUT2D eigenvalue weighted by atomic mass is 10.2. The van der Waals surface area contributed by atoms with Crippen molar-refractivity contribution < 1.29 is 19.1 Å². The predicted molar refractivity (Wildman–Crippen MR) is 87.7 cm³/mol. The Labute approximate surface area is 137 Å². The number of carbonyl (C=O) groups is 2. The number of alkyl carbamates (subject to hydrolysis) is 1. The quantitative estimate of drug-likeness (QED) is 0.837. The van der Waals surface area contributed by atoms with Crippen LogP contribution in [0.15, 0.2) is 18.3 Å². The van der Waals surface area contributed by atoms with Crippen LogP contribution in [0.1, 0.15) is 38.2 Å². The van der Waals surface area contributed by atoms with Crippen molar-refractivity contribution in [2.75, 3.05) is 25.6 Å². The van der Waals surface area contributed by atoms with E-state index < -0.39 is 17.7 Å². The zero-order valence-corrected chi connectivity index (χ0v) is 14.5. The Morgan fingerprint density at radius 3 is 2.43 bits per heavy atom. The van der Waals surface area contributed by atoms with Gasteiger partial charge in [0.25, 0.3) is 0 Å². The second-order valence-electron chi connectivity index (χ2n) is 6.44. The lowest BCUT2D eigenvalue weighted by Gasteiger charge is -2.21. The van der Waals surface area contributed by atoms with Crippen LogP contribution in [0.25, 0.3) is 0 Å². The van der Waals surface area contributed by atoms with E-state index >= 15 is 0 Å². The van der Waals surface area contributed by atoms with Crippen LogP contribution >= 0.6 is 0 Å². The summed E-state index contributed by atoms with van der Waals surface area (Å²) >= 11 is 0. The summed E-state index contributed by atoms with van der Waals surface area (Å²) in [4.78, 5) is 29.4. The Balaban J connectivity index is 2.44. The Hall–Kier alpha value is -2.31. The van der Waals surface area contributed by atoms with E-state index in [-0.39, 0.29) is 18.3 Å². The van der Waals surface area contributed by atoms with Crippen molar-refractivity contribution in [2.24, 2.45) is 0 Å². The third-order valence-corrected chi connectivity index (χ3v) is 2.70. The molecule has 0 spiro atoms. The summed E-state index contributed by atoms with van der Waals surface area (Å²) in [7, 11) is 3.78. The van der Waals surface area contributed by atoms with Crippen molar-refractivity contribution in [3.63, 3.8) is 0 Å². The van der Waals surface area contributed by atoms with Crippen LogP contribution in [0, 0.1) is 0 Å². The number of anilines is 1. The Bertz CT molecular complexity index is 535. The largest absolute Gasteiger partial charge is 0.459 e. The highest BCUT2D eigenvalue weighted by Crippen LogP contribution is 2.10. The molecule has 0 bridgehead atoms. The van der Waals surface area contributed by atoms with E-state index in [9.17, 15) is 9.59 Å². The highest BCUT2D eigenvalue weighted by molar-refractivity contribution is 5.87. The molecule has 1 atom stereocenters. The SMILES string of the molecule is C[C@H](COC(=O)c1ccc(N(C)C)cn1)NC(=O)OC(C)(C)C. The molecule has 1 rings (SSSR count). The second-order valence-corrected chi connectivity index (χ2v) is 6.44. The van der Waals surface area contributed by atoms with Crippen molar-refractivity contribution in [3.05, 3.63) is 24.0 Å². The molecule has 0 aromatic carbocycles. The summed E-state index contributed by atoms with van der Waals surface area (Å²) < 4.78 is 10.3. The predicted octanol–water partition coefficient (Wildman–Crippen LogP) is 2.22. The molecule has 7 heteroatoms. The molecule has 128 valence electrons. The minimum Gasteiger partial charge on any atom is -0.459 e. The van der Waals surface area contributed by atoms with Crippen LogP contribution in [-0.2, 0) is 9.47 Å². The standard InChI is InChI=1S/C16H25N3O4/c1-11(18-15(21)23-16(2,3)4)10-22-14(20)13-8-7-12(9-17-13)19(5)6/h7-9,11H,10H2,1-6H3,(H,18,21)/t11-/m1/s1. The Kier molecular flexibility index (Phi) is 6.36. The number of nitrogens with one attached hydrogen (secondary N) is 1. The molecule has 0 aliphatic rings. The minimum absolute atomic E-state index is 0.0369. The number of rotatable bonds is 5. The van der Waals surface area contributed by atoms with E-state index in [1.54, 1.807) is 46.0 Å². The number of esters is 1. The third-order valence-electron chi connectivity index (χ3n) is 2.70. The maximum Gasteiger partial charge on any atom is 0.407 e. The molecule has 0 saturated heterocycles. The maximum atomic E-state index is 11.9. The number of amides is 1. The number of pyridine rings is 1. The average molecular weight is 323 g/mol. The lowest BCUT2D eigenvalue weighted by Crippen LogP contribution is -2.40. The molecule has 1 aromatic rings. The van der Waals surface area contributed by atoms with Gasteiger partial charge in [-0.25, -0.2) is 14.6 Å². The van der Waals surface area contributed by atoms with Gasteiger partial charge in [0.05, 0.1) is 17.9 Å². The van der Waals surface area contributed by atoms with Crippen molar-refractivity contribution in [1.29, 1.82) is 0 Å². The highest BCUT2D eigenvalue weighted by Gasteiger charge is 2.18. The zero-order valence-electron chi connectivity index (χ0n) is 14.5. The molecule has 0 aliphatic heterocycles. The number of aromatic nitrogens is 1. The van der Waals surface area contributed by atoms with Gasteiger partial charge in [0.15, 0.2) is 0 Å². The summed E-state index contributed by atoms with van der Waals surface area (Å²) in [5, 5.41) is 2.60. The Morgan fingerprint density at radius 1 is 1.30 bits per heavy atom. The first-order valence-electron chi connectivity index (χ1n) is 7.38. The zero-order chi connectivity index (χ0) is 17.6. The fraction of sp³-hybridized carbons (Fsp3) is 0.562. The van der Waals surface area contributed by atoms with E-state index in [2.05, 4.69) is 10.3 Å². The van der Waals surface area contributed by atoms with Gasteiger partial charge in [0, 0.05) is 14.1 Å². The van der Waals surface area contributed by atoms with E-state index in [1.165, 1.54) is 0 Å². The van der Waals surface area contributed by atoms with Crippen LogP contribution in [0.4, 0.5) is 10.5 Å². The van der Waals surface area contributed by atoms with Gasteiger partial charge in [-0.2, -0.15) is 0 Å². The number of hydrogen-bond donors (Lipinski definition) is 1. The fourth-order valence-electron chi connectivity index (χ4n) is 1.60. The van der Waals surface area contributed by atoms with Gasteiger partial charge >= 0.3 is 12.1 Å². The van der Waals surface area contributed by atoms with Crippen LogP contribution in [-0.4, -0.2) is 49.4 Å².